The number of rotatable bonds is 5. The first kappa shape index (κ1) is 19.2. The maximum atomic E-state index is 13.2. The van der Waals surface area contributed by atoms with Gasteiger partial charge in [-0.15, -0.1) is 0 Å². The second-order valence-electron chi connectivity index (χ2n) is 7.50. The van der Waals surface area contributed by atoms with Gasteiger partial charge >= 0.3 is 0 Å². The van der Waals surface area contributed by atoms with Crippen molar-refractivity contribution in [3.05, 3.63) is 70.9 Å². The molecular weight excluding hydrogens is 366 g/mol. The highest BCUT2D eigenvalue weighted by Crippen LogP contribution is 2.43. The standard InChI is InChI=1S/C24H25NO4/c1-3-29-19-6-4-5-16(11-19)20-14-23(27)25-21-12-17(13-22(26)24(20)21)15-7-9-18(28-2)10-8-15/h4-11,17,20H,3,12-14H2,1-2H3,(H,25,27)/t17-,20+/m1/s1. The van der Waals surface area contributed by atoms with Crippen molar-refractivity contribution in [2.75, 3.05) is 13.7 Å². The fourth-order valence-electron chi connectivity index (χ4n) is 4.34. The van der Waals surface area contributed by atoms with Crippen molar-refractivity contribution in [1.82, 2.24) is 5.32 Å². The van der Waals surface area contributed by atoms with Crippen LogP contribution in [0.4, 0.5) is 0 Å². The fourth-order valence-corrected chi connectivity index (χ4v) is 4.34. The van der Waals surface area contributed by atoms with Crippen LogP contribution in [0.1, 0.15) is 49.1 Å². The molecule has 1 heterocycles. The molecular formula is C24H25NO4. The second-order valence-corrected chi connectivity index (χ2v) is 7.50. The summed E-state index contributed by atoms with van der Waals surface area (Å²) in [7, 11) is 1.63. The van der Waals surface area contributed by atoms with E-state index >= 15 is 0 Å². The molecule has 0 saturated carbocycles. The SMILES string of the molecule is CCOc1cccc([C@@H]2CC(=O)NC3=C2C(=O)C[C@H](c2ccc(OC)cc2)C3)c1. The number of methoxy groups -OCH3 is 1. The number of allylic oxidation sites excluding steroid dienone is 2. The Morgan fingerprint density at radius 3 is 2.48 bits per heavy atom. The van der Waals surface area contributed by atoms with Crippen LogP contribution in [-0.2, 0) is 9.59 Å². The number of ether oxygens (including phenoxy) is 2. The van der Waals surface area contributed by atoms with Gasteiger partial charge in [-0.1, -0.05) is 24.3 Å². The highest BCUT2D eigenvalue weighted by atomic mass is 16.5. The van der Waals surface area contributed by atoms with Gasteiger partial charge in [-0.3, -0.25) is 9.59 Å². The Morgan fingerprint density at radius 1 is 0.966 bits per heavy atom. The van der Waals surface area contributed by atoms with E-state index < -0.39 is 0 Å². The molecule has 0 bridgehead atoms. The molecule has 0 aromatic heterocycles. The smallest absolute Gasteiger partial charge is 0.225 e. The Hall–Kier alpha value is -3.08. The molecule has 2 atom stereocenters. The van der Waals surface area contributed by atoms with Crippen LogP contribution in [0.2, 0.25) is 0 Å². The molecule has 1 amide bonds. The summed E-state index contributed by atoms with van der Waals surface area (Å²) in [5.74, 6) is 1.45. The van der Waals surface area contributed by atoms with Gasteiger partial charge in [0.15, 0.2) is 5.78 Å². The molecule has 5 heteroatoms. The average molecular weight is 391 g/mol. The number of hydrogen-bond acceptors (Lipinski definition) is 4. The summed E-state index contributed by atoms with van der Waals surface area (Å²) in [6.45, 7) is 2.51. The van der Waals surface area contributed by atoms with E-state index in [1.54, 1.807) is 7.11 Å². The Kier molecular flexibility index (Phi) is 5.38. The first-order valence-electron chi connectivity index (χ1n) is 10.0. The normalized spacial score (nSPS) is 21.4. The minimum atomic E-state index is -0.219. The summed E-state index contributed by atoms with van der Waals surface area (Å²) in [5, 5.41) is 2.97. The lowest BCUT2D eigenvalue weighted by atomic mass is 9.73. The van der Waals surface area contributed by atoms with Gasteiger partial charge in [0.25, 0.3) is 0 Å². The third kappa shape index (κ3) is 3.90. The Bertz CT molecular complexity index is 961. The molecule has 0 unspecified atom stereocenters. The van der Waals surface area contributed by atoms with Crippen molar-refractivity contribution < 1.29 is 19.1 Å². The summed E-state index contributed by atoms with van der Waals surface area (Å²) < 4.78 is 10.8. The molecule has 2 aliphatic rings. The molecule has 1 aliphatic carbocycles. The highest BCUT2D eigenvalue weighted by Gasteiger charge is 2.38. The molecule has 150 valence electrons. The predicted molar refractivity (Wildman–Crippen MR) is 110 cm³/mol. The van der Waals surface area contributed by atoms with Crippen molar-refractivity contribution in [2.24, 2.45) is 0 Å². The van der Waals surface area contributed by atoms with Gasteiger partial charge in [0.1, 0.15) is 11.5 Å². The topological polar surface area (TPSA) is 64.6 Å². The van der Waals surface area contributed by atoms with Crippen LogP contribution in [-0.4, -0.2) is 25.4 Å². The highest BCUT2D eigenvalue weighted by molar-refractivity contribution is 6.02. The van der Waals surface area contributed by atoms with E-state index in [0.29, 0.717) is 19.4 Å². The molecule has 0 radical (unpaired) electrons. The van der Waals surface area contributed by atoms with Gasteiger partial charge < -0.3 is 14.8 Å². The summed E-state index contributed by atoms with van der Waals surface area (Å²) in [6, 6.07) is 15.5. The fraction of sp³-hybridized carbons (Fsp3) is 0.333. The molecule has 0 saturated heterocycles. The maximum absolute atomic E-state index is 13.2. The maximum Gasteiger partial charge on any atom is 0.225 e. The van der Waals surface area contributed by atoms with E-state index in [-0.39, 0.29) is 29.9 Å². The molecule has 2 aromatic carbocycles. The van der Waals surface area contributed by atoms with Gasteiger partial charge in [0, 0.05) is 30.0 Å². The first-order chi connectivity index (χ1) is 14.1. The molecule has 0 spiro atoms. The van der Waals surface area contributed by atoms with Crippen LogP contribution in [0.25, 0.3) is 0 Å². The Morgan fingerprint density at radius 2 is 1.76 bits per heavy atom. The first-order valence-corrected chi connectivity index (χ1v) is 10.0. The monoisotopic (exact) mass is 391 g/mol. The van der Waals surface area contributed by atoms with Crippen LogP contribution in [0, 0.1) is 0 Å². The van der Waals surface area contributed by atoms with Gasteiger partial charge in [-0.2, -0.15) is 0 Å². The van der Waals surface area contributed by atoms with Crippen molar-refractivity contribution in [3.8, 4) is 11.5 Å². The third-order valence-electron chi connectivity index (χ3n) is 5.69. The van der Waals surface area contributed by atoms with E-state index in [9.17, 15) is 9.59 Å². The van der Waals surface area contributed by atoms with Gasteiger partial charge in [-0.25, -0.2) is 0 Å². The molecule has 1 aliphatic heterocycles. The second kappa shape index (κ2) is 8.11. The molecule has 0 fully saturated rings. The zero-order valence-electron chi connectivity index (χ0n) is 16.7. The Labute approximate surface area is 170 Å². The number of nitrogens with one attached hydrogen (secondary N) is 1. The minimum absolute atomic E-state index is 0.0428. The van der Waals surface area contributed by atoms with E-state index in [0.717, 1.165) is 33.9 Å². The molecule has 4 rings (SSSR count). The number of benzene rings is 2. The van der Waals surface area contributed by atoms with Crippen molar-refractivity contribution >= 4 is 11.7 Å². The number of ketones is 1. The van der Waals surface area contributed by atoms with Crippen LogP contribution in [0.5, 0.6) is 11.5 Å². The number of carbonyl (C=O) groups excluding carboxylic acids is 2. The lowest BCUT2D eigenvalue weighted by molar-refractivity contribution is -0.122. The third-order valence-corrected chi connectivity index (χ3v) is 5.69. The van der Waals surface area contributed by atoms with E-state index in [4.69, 9.17) is 9.47 Å². The van der Waals surface area contributed by atoms with Crippen molar-refractivity contribution in [3.63, 3.8) is 0 Å². The average Bonchev–Trinajstić information content (AvgIpc) is 2.73. The lowest BCUT2D eigenvalue weighted by Gasteiger charge is -2.34. The van der Waals surface area contributed by atoms with Crippen molar-refractivity contribution in [2.45, 2.75) is 38.0 Å². The van der Waals surface area contributed by atoms with Crippen LogP contribution < -0.4 is 14.8 Å². The van der Waals surface area contributed by atoms with E-state index in [2.05, 4.69) is 5.32 Å². The van der Waals surface area contributed by atoms with E-state index in [1.165, 1.54) is 0 Å². The molecule has 29 heavy (non-hydrogen) atoms. The summed E-state index contributed by atoms with van der Waals surface area (Å²) >= 11 is 0. The van der Waals surface area contributed by atoms with Gasteiger partial charge in [0.05, 0.1) is 13.7 Å². The predicted octanol–water partition coefficient (Wildman–Crippen LogP) is 4.10. The largest absolute Gasteiger partial charge is 0.497 e. The van der Waals surface area contributed by atoms with Crippen LogP contribution in [0.3, 0.4) is 0 Å². The van der Waals surface area contributed by atoms with Gasteiger partial charge in [-0.05, 0) is 54.7 Å². The van der Waals surface area contributed by atoms with E-state index in [1.807, 2.05) is 55.5 Å². The number of Topliss-reactive ketones (excluding diaryl/α,β-unsaturated/α-hetero) is 1. The number of carbonyl (C=O) groups is 2. The van der Waals surface area contributed by atoms with Crippen molar-refractivity contribution in [1.29, 1.82) is 0 Å². The number of hydrogen-bond donors (Lipinski definition) is 1. The summed E-state index contributed by atoms with van der Waals surface area (Å²) in [6.07, 6.45) is 1.39. The molecule has 1 N–H and O–H groups in total. The molecule has 2 aromatic rings. The summed E-state index contributed by atoms with van der Waals surface area (Å²) in [4.78, 5) is 25.6. The zero-order valence-corrected chi connectivity index (χ0v) is 16.7. The summed E-state index contributed by atoms with van der Waals surface area (Å²) in [5.41, 5.74) is 3.56. The number of amides is 1. The minimum Gasteiger partial charge on any atom is -0.497 e. The zero-order chi connectivity index (χ0) is 20.4. The van der Waals surface area contributed by atoms with Crippen LogP contribution >= 0.6 is 0 Å². The van der Waals surface area contributed by atoms with Gasteiger partial charge in [0.2, 0.25) is 5.91 Å². The lowest BCUT2D eigenvalue weighted by Crippen LogP contribution is -2.38. The van der Waals surface area contributed by atoms with Crippen LogP contribution in [0.15, 0.2) is 59.8 Å². The Balaban J connectivity index is 1.66. The molecule has 5 nitrogen and oxygen atoms in total. The quantitative estimate of drug-likeness (QED) is 0.834.